The Morgan fingerprint density at radius 3 is 2.76 bits per heavy atom. The molecule has 2 rings (SSSR count). The first-order valence-electron chi connectivity index (χ1n) is 9.00. The first-order chi connectivity index (χ1) is 10.3. The minimum Gasteiger partial charge on any atom is -0.339 e. The van der Waals surface area contributed by atoms with E-state index in [-0.39, 0.29) is 0 Å². The van der Waals surface area contributed by atoms with Gasteiger partial charge in [-0.15, -0.1) is 0 Å². The van der Waals surface area contributed by atoms with E-state index in [0.29, 0.717) is 24.5 Å². The van der Waals surface area contributed by atoms with Crippen LogP contribution in [-0.4, -0.2) is 60.5 Å². The van der Waals surface area contributed by atoms with E-state index in [1.54, 1.807) is 0 Å². The maximum Gasteiger partial charge on any atom is 0.237 e. The van der Waals surface area contributed by atoms with Crippen LogP contribution in [0.3, 0.4) is 0 Å². The molecule has 0 radical (unpaired) electrons. The molecule has 0 aromatic carbocycles. The normalized spacial score (nSPS) is 27.1. The Morgan fingerprint density at radius 1 is 1.24 bits per heavy atom. The quantitative estimate of drug-likeness (QED) is 0.816. The summed E-state index contributed by atoms with van der Waals surface area (Å²) in [6, 6.07) is 1.03. The van der Waals surface area contributed by atoms with Crippen molar-refractivity contribution in [2.75, 3.05) is 32.7 Å². The van der Waals surface area contributed by atoms with Gasteiger partial charge in [-0.1, -0.05) is 13.8 Å². The molecule has 2 aliphatic rings. The van der Waals surface area contributed by atoms with Crippen molar-refractivity contribution in [1.29, 1.82) is 0 Å². The highest BCUT2D eigenvalue weighted by molar-refractivity contribution is 5.78. The molecule has 0 aromatic heterocycles. The Balaban J connectivity index is 1.92. The van der Waals surface area contributed by atoms with Gasteiger partial charge in [-0.25, -0.2) is 0 Å². The fourth-order valence-electron chi connectivity index (χ4n) is 3.84. The van der Waals surface area contributed by atoms with E-state index in [0.717, 1.165) is 39.0 Å². The van der Waals surface area contributed by atoms with Gasteiger partial charge in [0.25, 0.3) is 0 Å². The number of rotatable bonds is 6. The maximum absolute atomic E-state index is 12.8. The summed E-state index contributed by atoms with van der Waals surface area (Å²) >= 11 is 0. The molecule has 0 saturated carbocycles. The average Bonchev–Trinajstić information content (AvgIpc) is 2.55. The first kappa shape index (κ1) is 16.8. The van der Waals surface area contributed by atoms with Crippen LogP contribution in [0.2, 0.25) is 0 Å². The molecular formula is C17H33N3O. The summed E-state index contributed by atoms with van der Waals surface area (Å²) in [5, 5.41) is 3.48. The van der Waals surface area contributed by atoms with Gasteiger partial charge < -0.3 is 10.2 Å². The van der Waals surface area contributed by atoms with Gasteiger partial charge in [0, 0.05) is 25.2 Å². The first-order valence-corrected chi connectivity index (χ1v) is 9.00. The second-order valence-corrected chi connectivity index (χ2v) is 6.62. The number of amides is 1. The molecule has 2 saturated heterocycles. The van der Waals surface area contributed by atoms with Gasteiger partial charge in [0.05, 0.1) is 6.54 Å². The summed E-state index contributed by atoms with van der Waals surface area (Å²) in [5.41, 5.74) is 0. The highest BCUT2D eigenvalue weighted by atomic mass is 16.2. The summed E-state index contributed by atoms with van der Waals surface area (Å²) in [6.07, 6.45) is 8.36. The third-order valence-corrected chi connectivity index (χ3v) is 5.06. The van der Waals surface area contributed by atoms with Crippen LogP contribution in [0.4, 0.5) is 0 Å². The summed E-state index contributed by atoms with van der Waals surface area (Å²) in [4.78, 5) is 17.4. The number of carbonyl (C=O) groups is 1. The Bertz CT molecular complexity index is 315. The number of hydrogen-bond donors (Lipinski definition) is 1. The number of nitrogens with zero attached hydrogens (tertiary/aromatic N) is 2. The number of likely N-dealkylation sites (tertiary alicyclic amines) is 1. The van der Waals surface area contributed by atoms with Gasteiger partial charge in [0.15, 0.2) is 0 Å². The molecule has 21 heavy (non-hydrogen) atoms. The van der Waals surface area contributed by atoms with Crippen LogP contribution in [-0.2, 0) is 4.79 Å². The minimum absolute atomic E-state index is 0.362. The Labute approximate surface area is 130 Å². The lowest BCUT2D eigenvalue weighted by atomic mass is 9.99. The van der Waals surface area contributed by atoms with E-state index >= 15 is 0 Å². The standard InChI is InChI=1S/C17H33N3O/c1-3-11-19(16-9-7-10-18-13-16)14-17(21)20-12-6-5-8-15(20)4-2/h15-16,18H,3-14H2,1-2H3. The van der Waals surface area contributed by atoms with Crippen molar-refractivity contribution in [2.24, 2.45) is 0 Å². The fourth-order valence-corrected chi connectivity index (χ4v) is 3.84. The Morgan fingerprint density at radius 2 is 2.10 bits per heavy atom. The van der Waals surface area contributed by atoms with Crippen LogP contribution in [0, 0.1) is 0 Å². The molecule has 2 heterocycles. The molecular weight excluding hydrogens is 262 g/mol. The van der Waals surface area contributed by atoms with Crippen molar-refractivity contribution in [3.8, 4) is 0 Å². The molecule has 2 atom stereocenters. The second kappa shape index (κ2) is 8.74. The lowest BCUT2D eigenvalue weighted by molar-refractivity contribution is -0.136. The van der Waals surface area contributed by atoms with Crippen molar-refractivity contribution < 1.29 is 4.79 Å². The lowest BCUT2D eigenvalue weighted by Gasteiger charge is -2.39. The van der Waals surface area contributed by atoms with Crippen LogP contribution < -0.4 is 5.32 Å². The third-order valence-electron chi connectivity index (χ3n) is 5.06. The van der Waals surface area contributed by atoms with Crippen LogP contribution >= 0.6 is 0 Å². The molecule has 2 fully saturated rings. The maximum atomic E-state index is 12.8. The van der Waals surface area contributed by atoms with Gasteiger partial charge >= 0.3 is 0 Å². The average molecular weight is 295 g/mol. The van der Waals surface area contributed by atoms with Crippen molar-refractivity contribution in [2.45, 2.75) is 70.9 Å². The molecule has 0 spiro atoms. The van der Waals surface area contributed by atoms with Crippen LogP contribution in [0.15, 0.2) is 0 Å². The SMILES string of the molecule is CCCN(CC(=O)N1CCCCC1CC)C1CCCNC1. The van der Waals surface area contributed by atoms with Gasteiger partial charge in [-0.05, 0) is 58.0 Å². The predicted octanol–water partition coefficient (Wildman–Crippen LogP) is 2.24. The van der Waals surface area contributed by atoms with Crippen LogP contribution in [0.1, 0.15) is 58.8 Å². The smallest absolute Gasteiger partial charge is 0.237 e. The summed E-state index contributed by atoms with van der Waals surface area (Å²) < 4.78 is 0. The van der Waals surface area contributed by atoms with Crippen molar-refractivity contribution >= 4 is 5.91 Å². The Hall–Kier alpha value is -0.610. The molecule has 2 unspecified atom stereocenters. The zero-order valence-corrected chi connectivity index (χ0v) is 13.9. The molecule has 1 amide bonds. The van der Waals surface area contributed by atoms with Crippen LogP contribution in [0.5, 0.6) is 0 Å². The van der Waals surface area contributed by atoms with Gasteiger partial charge in [0.2, 0.25) is 5.91 Å². The molecule has 4 heteroatoms. The summed E-state index contributed by atoms with van der Waals surface area (Å²) in [5.74, 6) is 0.362. The molecule has 0 bridgehead atoms. The molecule has 0 aliphatic carbocycles. The van der Waals surface area contributed by atoms with Crippen molar-refractivity contribution in [1.82, 2.24) is 15.1 Å². The number of nitrogens with one attached hydrogen (secondary N) is 1. The third kappa shape index (κ3) is 4.68. The van der Waals surface area contributed by atoms with Gasteiger partial charge in [-0.2, -0.15) is 0 Å². The molecule has 4 nitrogen and oxygen atoms in total. The molecule has 2 aliphatic heterocycles. The van der Waals surface area contributed by atoms with E-state index < -0.39 is 0 Å². The van der Waals surface area contributed by atoms with E-state index in [9.17, 15) is 4.79 Å². The highest BCUT2D eigenvalue weighted by Gasteiger charge is 2.28. The van der Waals surface area contributed by atoms with E-state index in [2.05, 4.69) is 29.0 Å². The highest BCUT2D eigenvalue weighted by Crippen LogP contribution is 2.20. The monoisotopic (exact) mass is 295 g/mol. The van der Waals surface area contributed by atoms with Gasteiger partial charge in [-0.3, -0.25) is 9.69 Å². The predicted molar refractivity (Wildman–Crippen MR) is 87.4 cm³/mol. The topological polar surface area (TPSA) is 35.6 Å². The second-order valence-electron chi connectivity index (χ2n) is 6.62. The van der Waals surface area contributed by atoms with Crippen LogP contribution in [0.25, 0.3) is 0 Å². The number of piperidine rings is 2. The molecule has 122 valence electrons. The molecule has 0 aromatic rings. The van der Waals surface area contributed by atoms with Crippen molar-refractivity contribution in [3.05, 3.63) is 0 Å². The summed E-state index contributed by atoms with van der Waals surface area (Å²) in [7, 11) is 0. The van der Waals surface area contributed by atoms with Crippen molar-refractivity contribution in [3.63, 3.8) is 0 Å². The lowest BCUT2D eigenvalue weighted by Crippen LogP contribution is -2.52. The number of carbonyl (C=O) groups excluding carboxylic acids is 1. The Kier molecular flexibility index (Phi) is 6.97. The van der Waals surface area contributed by atoms with Gasteiger partial charge in [0.1, 0.15) is 0 Å². The number of hydrogen-bond acceptors (Lipinski definition) is 3. The fraction of sp³-hybridized carbons (Fsp3) is 0.941. The molecule has 1 N–H and O–H groups in total. The van der Waals surface area contributed by atoms with E-state index in [4.69, 9.17) is 0 Å². The minimum atomic E-state index is 0.362. The zero-order valence-electron chi connectivity index (χ0n) is 13.9. The van der Waals surface area contributed by atoms with E-state index in [1.807, 2.05) is 0 Å². The zero-order chi connectivity index (χ0) is 15.1. The summed E-state index contributed by atoms with van der Waals surface area (Å²) in [6.45, 7) is 9.24. The van der Waals surface area contributed by atoms with E-state index in [1.165, 1.54) is 32.1 Å². The largest absolute Gasteiger partial charge is 0.339 e.